The third-order valence-electron chi connectivity index (χ3n) is 12.7. The Hall–Kier alpha value is -2.99. The number of thiophene rings is 2. The van der Waals surface area contributed by atoms with Gasteiger partial charge in [0.15, 0.2) is 0 Å². The monoisotopic (exact) mass is 1050 g/mol. The van der Waals surface area contributed by atoms with Crippen molar-refractivity contribution >= 4 is 79.2 Å². The topological polar surface area (TPSA) is 67.5 Å². The van der Waals surface area contributed by atoms with Gasteiger partial charge in [-0.2, -0.15) is 34.8 Å². The van der Waals surface area contributed by atoms with Crippen molar-refractivity contribution < 1.29 is 39.3 Å². The van der Waals surface area contributed by atoms with Gasteiger partial charge in [-0.1, -0.05) is 59.2 Å². The van der Waals surface area contributed by atoms with E-state index in [0.29, 0.717) is 112 Å². The summed E-state index contributed by atoms with van der Waals surface area (Å²) in [5.74, 6) is -3.56. The summed E-state index contributed by atoms with van der Waals surface area (Å²) in [5.41, 5.74) is 5.22. The van der Waals surface area contributed by atoms with Crippen molar-refractivity contribution in [3.63, 3.8) is 0 Å². The van der Waals surface area contributed by atoms with Crippen LogP contribution in [-0.4, -0.2) is 59.5 Å². The number of unbranched alkanes of at least 4 members (excludes halogenated alkanes) is 2. The lowest BCUT2D eigenvalue weighted by Crippen LogP contribution is -2.24. The van der Waals surface area contributed by atoms with Gasteiger partial charge in [0.1, 0.15) is 4.21 Å². The Bertz CT molecular complexity index is 2850. The summed E-state index contributed by atoms with van der Waals surface area (Å²) in [6, 6.07) is 13.0. The maximum Gasteiger partial charge on any atom is 0.395 e. The van der Waals surface area contributed by atoms with Gasteiger partial charge in [-0.05, 0) is 172 Å². The van der Waals surface area contributed by atoms with E-state index < -0.39 is 34.3 Å². The summed E-state index contributed by atoms with van der Waals surface area (Å²) in [6.45, 7) is 0.920. The van der Waals surface area contributed by atoms with Crippen LogP contribution in [0.15, 0.2) is 70.5 Å². The number of benzene rings is 2. The van der Waals surface area contributed by atoms with E-state index in [1.807, 2.05) is 23.4 Å². The molecule has 0 radical (unpaired) electrons. The van der Waals surface area contributed by atoms with Crippen molar-refractivity contribution in [1.82, 2.24) is 14.0 Å². The smallest absolute Gasteiger partial charge is 0.314 e. The van der Waals surface area contributed by atoms with Crippen molar-refractivity contribution in [2.24, 2.45) is 0 Å². The van der Waals surface area contributed by atoms with E-state index in [0.717, 1.165) is 33.9 Å². The molecule has 0 fully saturated rings. The molecular weight excluding hydrogens is 1010 g/mol. The first-order valence-electron chi connectivity index (χ1n) is 21.6. The van der Waals surface area contributed by atoms with Crippen LogP contribution in [0.3, 0.4) is 0 Å². The second kappa shape index (κ2) is 19.8. The van der Waals surface area contributed by atoms with E-state index in [4.69, 9.17) is 46.4 Å². The predicted molar refractivity (Wildman–Crippen MR) is 255 cm³/mol. The lowest BCUT2D eigenvalue weighted by molar-refractivity contribution is -0.153. The van der Waals surface area contributed by atoms with E-state index in [2.05, 4.69) is 0 Å². The summed E-state index contributed by atoms with van der Waals surface area (Å²) >= 11 is 28.0. The van der Waals surface area contributed by atoms with Crippen molar-refractivity contribution in [2.75, 3.05) is 20.1 Å². The number of halogens is 10. The molecule has 0 aliphatic heterocycles. The molecule has 2 aliphatic carbocycles. The zero-order valence-corrected chi connectivity index (χ0v) is 41.0. The SMILES string of the molecule is CN(CCCCC(c1cn(-c2ccc(Cl)cc2Cl)c2c1CCCc1ccsc1-2)C(F)(F)F)CCCCC(c1cn(-c2ccc(Cl)cc2Cl)c2c1CCCc1cc(S(=O)(=O)O)sc1-2)C(F)(F)F. The predicted octanol–water partition coefficient (Wildman–Crippen LogP) is 15.8. The second-order valence-electron chi connectivity index (χ2n) is 17.1. The molecular formula is C47H45Cl4F6N3O3S3. The second-order valence-corrected chi connectivity index (χ2v) is 22.4. The zero-order valence-electron chi connectivity index (χ0n) is 35.5. The Labute approximate surface area is 407 Å². The number of hydrogen-bond acceptors (Lipinski definition) is 5. The van der Waals surface area contributed by atoms with E-state index in [1.54, 1.807) is 45.7 Å². The minimum atomic E-state index is -4.62. The molecule has 4 heterocycles. The number of hydrogen-bond donors (Lipinski definition) is 1. The molecule has 2 atom stereocenters. The zero-order chi connectivity index (χ0) is 47.3. The van der Waals surface area contributed by atoms with Crippen LogP contribution in [0, 0.1) is 0 Å². The van der Waals surface area contributed by atoms with Gasteiger partial charge in [0.2, 0.25) is 0 Å². The number of fused-ring (bicyclic) bond motifs is 6. The van der Waals surface area contributed by atoms with Crippen LogP contribution < -0.4 is 0 Å². The van der Waals surface area contributed by atoms with Crippen LogP contribution in [-0.2, 0) is 35.8 Å². The maximum absolute atomic E-state index is 15.2. The van der Waals surface area contributed by atoms with Crippen LogP contribution in [0.25, 0.3) is 32.5 Å². The fourth-order valence-corrected chi connectivity index (χ4v) is 13.6. The lowest BCUT2D eigenvalue weighted by atomic mass is 9.89. The minimum absolute atomic E-state index is 0.0741. The maximum atomic E-state index is 15.2. The Morgan fingerprint density at radius 1 is 0.682 bits per heavy atom. The van der Waals surface area contributed by atoms with Gasteiger partial charge < -0.3 is 14.0 Å². The van der Waals surface area contributed by atoms with Crippen LogP contribution in [0.5, 0.6) is 0 Å². The average molecular weight is 1050 g/mol. The van der Waals surface area contributed by atoms with E-state index in [1.165, 1.54) is 29.7 Å². The normalized spacial score (nSPS) is 15.2. The number of rotatable bonds is 15. The highest BCUT2D eigenvalue weighted by Crippen LogP contribution is 2.50. The molecule has 6 nitrogen and oxygen atoms in total. The fourth-order valence-electron chi connectivity index (χ4n) is 9.61. The third-order valence-corrected chi connectivity index (χ3v) is 17.2. The molecule has 1 N–H and O–H groups in total. The van der Waals surface area contributed by atoms with Crippen molar-refractivity contribution in [2.45, 2.75) is 105 Å². The van der Waals surface area contributed by atoms with Gasteiger partial charge in [0.05, 0.1) is 54.4 Å². The molecule has 0 bridgehead atoms. The standard InChI is InChI=1S/C47H45Cl4F6N3O3S3/c1-58(19-4-2-12-35(46(52,53)54)33-25-59(39-16-14-29(48)23-37(39)50)42-31(33)10-6-8-27-18-21-64-44(27)42)20-5-3-13-36(47(55,56)57)34-26-60(40-17-15-30(49)24-38(40)51)43-32(34)11-7-9-28-22-41(65-45(28)43)66(61,62)63/h14-18,21-26,35-36H,2-13,19-20H2,1H3,(H,61,62,63). The number of alkyl halides is 6. The summed E-state index contributed by atoms with van der Waals surface area (Å²) < 4.78 is 128. The van der Waals surface area contributed by atoms with E-state index in [-0.39, 0.29) is 46.0 Å². The Balaban J connectivity index is 0.956. The molecule has 66 heavy (non-hydrogen) atoms. The van der Waals surface area contributed by atoms with Gasteiger partial charge in [0, 0.05) is 22.4 Å². The fraction of sp³-hybridized carbons (Fsp3) is 0.404. The van der Waals surface area contributed by atoms with Gasteiger partial charge in [-0.25, -0.2) is 0 Å². The highest BCUT2D eigenvalue weighted by molar-refractivity contribution is 7.88. The van der Waals surface area contributed by atoms with Crippen LogP contribution in [0.4, 0.5) is 26.3 Å². The summed E-state index contributed by atoms with van der Waals surface area (Å²) in [4.78, 5) is 3.34. The minimum Gasteiger partial charge on any atom is -0.314 e. The first-order chi connectivity index (χ1) is 31.2. The van der Waals surface area contributed by atoms with Crippen LogP contribution in [0.2, 0.25) is 20.1 Å². The van der Waals surface area contributed by atoms with Gasteiger partial charge >= 0.3 is 22.5 Å². The quantitative estimate of drug-likeness (QED) is 0.0632. The van der Waals surface area contributed by atoms with Crippen molar-refractivity contribution in [1.29, 1.82) is 0 Å². The highest BCUT2D eigenvalue weighted by Gasteiger charge is 2.45. The highest BCUT2D eigenvalue weighted by atomic mass is 35.5. The lowest BCUT2D eigenvalue weighted by Gasteiger charge is -2.23. The Morgan fingerprint density at radius 2 is 1.17 bits per heavy atom. The van der Waals surface area contributed by atoms with Crippen molar-refractivity contribution in [3.8, 4) is 32.5 Å². The molecule has 0 saturated carbocycles. The third kappa shape index (κ3) is 10.4. The molecule has 354 valence electrons. The number of aromatic nitrogens is 2. The molecule has 0 amide bonds. The first-order valence-corrected chi connectivity index (χ1v) is 26.2. The largest absolute Gasteiger partial charge is 0.395 e. The molecule has 4 aromatic heterocycles. The first kappa shape index (κ1) is 49.4. The summed E-state index contributed by atoms with van der Waals surface area (Å²) in [7, 11) is -2.75. The van der Waals surface area contributed by atoms with Gasteiger partial charge in [-0.3, -0.25) is 4.55 Å². The molecule has 0 saturated heterocycles. The Kier molecular flexibility index (Phi) is 14.8. The van der Waals surface area contributed by atoms with Gasteiger partial charge in [-0.15, -0.1) is 22.7 Å². The molecule has 0 spiro atoms. The van der Waals surface area contributed by atoms with E-state index in [9.17, 15) is 13.0 Å². The summed E-state index contributed by atoms with van der Waals surface area (Å²) in [6.07, 6.45) is -1.92. The number of nitrogens with zero attached hydrogens (tertiary/aromatic N) is 3. The van der Waals surface area contributed by atoms with Crippen LogP contribution >= 0.6 is 69.1 Å². The molecule has 8 rings (SSSR count). The number of aryl methyl sites for hydroxylation is 2. The molecule has 2 unspecified atom stereocenters. The average Bonchev–Trinajstić information content (AvgIpc) is 3.98. The molecule has 2 aromatic carbocycles. The van der Waals surface area contributed by atoms with Crippen molar-refractivity contribution in [3.05, 3.63) is 120 Å². The van der Waals surface area contributed by atoms with Gasteiger partial charge in [0.25, 0.3) is 0 Å². The molecule has 2 aliphatic rings. The molecule has 6 aromatic rings. The van der Waals surface area contributed by atoms with E-state index >= 15 is 26.3 Å². The molecule has 19 heteroatoms. The summed E-state index contributed by atoms with van der Waals surface area (Å²) in [5, 5.41) is 3.24. The van der Waals surface area contributed by atoms with Crippen LogP contribution in [0.1, 0.15) is 96.6 Å². The Morgan fingerprint density at radius 3 is 1.64 bits per heavy atom.